The third kappa shape index (κ3) is 6.43. The van der Waals surface area contributed by atoms with Crippen molar-refractivity contribution in [1.29, 1.82) is 0 Å². The normalized spacial score (nSPS) is 21.7. The van der Waals surface area contributed by atoms with Crippen LogP contribution in [0.25, 0.3) is 0 Å². The van der Waals surface area contributed by atoms with Gasteiger partial charge in [-0.1, -0.05) is 6.07 Å². The number of carbonyl (C=O) groups is 3. The zero-order valence-electron chi connectivity index (χ0n) is 19.3. The highest BCUT2D eigenvalue weighted by Crippen LogP contribution is 2.40. The van der Waals surface area contributed by atoms with Gasteiger partial charge in [-0.05, 0) is 36.5 Å². The maximum Gasteiger partial charge on any atom is 0.419 e. The van der Waals surface area contributed by atoms with E-state index in [2.05, 4.69) is 15.6 Å². The molecule has 0 spiro atoms. The summed E-state index contributed by atoms with van der Waals surface area (Å²) in [5.74, 6) is -1.07. The van der Waals surface area contributed by atoms with Gasteiger partial charge in [-0.3, -0.25) is 25.2 Å². The van der Waals surface area contributed by atoms with Crippen molar-refractivity contribution in [1.82, 2.24) is 20.7 Å². The van der Waals surface area contributed by atoms with Crippen LogP contribution in [0.4, 0.5) is 23.7 Å². The monoisotopic (exact) mass is 497 g/mol. The summed E-state index contributed by atoms with van der Waals surface area (Å²) in [6.45, 7) is 4.35. The number of hydrazine groups is 1. The molecule has 0 atom stereocenters. The van der Waals surface area contributed by atoms with Crippen LogP contribution in [0.1, 0.15) is 42.7 Å². The van der Waals surface area contributed by atoms with E-state index in [0.29, 0.717) is 50.7 Å². The van der Waals surface area contributed by atoms with E-state index in [4.69, 9.17) is 5.11 Å². The van der Waals surface area contributed by atoms with E-state index in [9.17, 15) is 27.6 Å². The van der Waals surface area contributed by atoms with E-state index in [0.717, 1.165) is 25.5 Å². The van der Waals surface area contributed by atoms with Crippen LogP contribution in [0.3, 0.4) is 0 Å². The SMILES string of the molecule is O=C(O)NN1CCC(CN2CCN(c3ccc(C4CC(=O)NC(=O)C4)cc3C(F)(F)F)CC2)CC1. The van der Waals surface area contributed by atoms with E-state index < -0.39 is 35.6 Å². The molecule has 3 heterocycles. The lowest BCUT2D eigenvalue weighted by atomic mass is 9.88. The average Bonchev–Trinajstić information content (AvgIpc) is 2.79. The molecule has 12 heteroatoms. The summed E-state index contributed by atoms with van der Waals surface area (Å²) in [6.07, 6.45) is -3.91. The lowest BCUT2D eigenvalue weighted by Gasteiger charge is -2.40. The molecule has 1 aromatic carbocycles. The van der Waals surface area contributed by atoms with E-state index >= 15 is 0 Å². The highest BCUT2D eigenvalue weighted by molar-refractivity contribution is 5.98. The van der Waals surface area contributed by atoms with Crippen LogP contribution < -0.4 is 15.6 Å². The van der Waals surface area contributed by atoms with E-state index in [1.165, 1.54) is 6.07 Å². The van der Waals surface area contributed by atoms with Crippen molar-refractivity contribution < 1.29 is 32.7 Å². The number of carboxylic acid groups (broad SMARTS) is 1. The number of rotatable bonds is 5. The maximum absolute atomic E-state index is 14.0. The summed E-state index contributed by atoms with van der Waals surface area (Å²) in [5.41, 5.74) is 2.12. The smallest absolute Gasteiger partial charge is 0.419 e. The molecule has 35 heavy (non-hydrogen) atoms. The van der Waals surface area contributed by atoms with Crippen LogP contribution in [0.5, 0.6) is 0 Å². The second-order valence-corrected chi connectivity index (χ2v) is 9.49. The van der Waals surface area contributed by atoms with Gasteiger partial charge in [0.1, 0.15) is 0 Å². The van der Waals surface area contributed by atoms with Gasteiger partial charge in [-0.15, -0.1) is 0 Å². The summed E-state index contributed by atoms with van der Waals surface area (Å²) in [6, 6.07) is 4.17. The van der Waals surface area contributed by atoms with Crippen LogP contribution in [0, 0.1) is 5.92 Å². The van der Waals surface area contributed by atoms with Crippen molar-refractivity contribution in [2.24, 2.45) is 5.92 Å². The van der Waals surface area contributed by atoms with Crippen LogP contribution in [0.15, 0.2) is 18.2 Å². The maximum atomic E-state index is 14.0. The third-order valence-corrected chi connectivity index (χ3v) is 7.04. The van der Waals surface area contributed by atoms with Crippen molar-refractivity contribution in [2.75, 3.05) is 50.7 Å². The molecule has 3 aliphatic heterocycles. The van der Waals surface area contributed by atoms with Gasteiger partial charge in [0, 0.05) is 70.3 Å². The first kappa shape index (κ1) is 25.2. The Balaban J connectivity index is 1.37. The Morgan fingerprint density at radius 2 is 1.66 bits per heavy atom. The van der Waals surface area contributed by atoms with Crippen molar-refractivity contribution >= 4 is 23.6 Å². The number of imide groups is 1. The summed E-state index contributed by atoms with van der Waals surface area (Å²) in [5, 5.41) is 12.7. The molecular formula is C23H30F3N5O4. The topological polar surface area (TPSA) is 105 Å². The van der Waals surface area contributed by atoms with E-state index in [-0.39, 0.29) is 18.5 Å². The van der Waals surface area contributed by atoms with Crippen molar-refractivity contribution in [3.8, 4) is 0 Å². The highest BCUT2D eigenvalue weighted by Gasteiger charge is 2.37. The molecule has 0 saturated carbocycles. The molecule has 4 rings (SSSR count). The number of hydrogen-bond acceptors (Lipinski definition) is 6. The fourth-order valence-electron chi connectivity index (χ4n) is 5.22. The fraction of sp³-hybridized carbons (Fsp3) is 0.609. The minimum atomic E-state index is -4.55. The summed E-state index contributed by atoms with van der Waals surface area (Å²) in [4.78, 5) is 38.1. The van der Waals surface area contributed by atoms with E-state index in [1.54, 1.807) is 16.0 Å². The lowest BCUT2D eigenvalue weighted by molar-refractivity contribution is -0.137. The first-order valence-corrected chi connectivity index (χ1v) is 11.8. The van der Waals surface area contributed by atoms with Gasteiger partial charge in [-0.25, -0.2) is 9.80 Å². The number of amides is 3. The number of piperazine rings is 1. The number of alkyl halides is 3. The zero-order chi connectivity index (χ0) is 25.2. The molecule has 0 aliphatic carbocycles. The predicted octanol–water partition coefficient (Wildman–Crippen LogP) is 2.24. The van der Waals surface area contributed by atoms with Gasteiger partial charge in [0.15, 0.2) is 0 Å². The van der Waals surface area contributed by atoms with Crippen LogP contribution in [-0.2, 0) is 15.8 Å². The molecule has 192 valence electrons. The Hall–Kier alpha value is -2.86. The Bertz CT molecular complexity index is 941. The second-order valence-electron chi connectivity index (χ2n) is 9.49. The lowest BCUT2D eigenvalue weighted by Crippen LogP contribution is -2.50. The standard InChI is InChI=1S/C23H30F3N5O4/c24-23(25,26)18-11-16(17-12-20(32)27-21(33)13-17)1-2-19(18)30-9-7-29(8-10-30)14-15-3-5-31(6-4-15)28-22(34)35/h1-2,11,15,17,28H,3-10,12-14H2,(H,34,35)(H,27,32,33). The molecular weight excluding hydrogens is 467 g/mol. The van der Waals surface area contributed by atoms with Crippen LogP contribution in [0.2, 0.25) is 0 Å². The molecule has 0 bridgehead atoms. The molecule has 0 aromatic heterocycles. The number of piperidine rings is 2. The van der Waals surface area contributed by atoms with Gasteiger partial charge in [-0.2, -0.15) is 13.2 Å². The Morgan fingerprint density at radius 1 is 1.03 bits per heavy atom. The van der Waals surface area contributed by atoms with Gasteiger partial charge in [0.25, 0.3) is 0 Å². The van der Waals surface area contributed by atoms with Crippen LogP contribution >= 0.6 is 0 Å². The summed E-state index contributed by atoms with van der Waals surface area (Å²) in [7, 11) is 0. The van der Waals surface area contributed by atoms with Gasteiger partial charge < -0.3 is 10.0 Å². The molecule has 3 saturated heterocycles. The number of benzene rings is 1. The molecule has 3 amide bonds. The minimum Gasteiger partial charge on any atom is -0.464 e. The van der Waals surface area contributed by atoms with Gasteiger partial charge in [0.05, 0.1) is 5.56 Å². The van der Waals surface area contributed by atoms with Gasteiger partial charge in [0.2, 0.25) is 11.8 Å². The molecule has 3 aliphatic rings. The van der Waals surface area contributed by atoms with Crippen molar-refractivity contribution in [2.45, 2.75) is 37.8 Å². The second kappa shape index (κ2) is 10.4. The van der Waals surface area contributed by atoms with E-state index in [1.807, 2.05) is 0 Å². The number of nitrogens with one attached hydrogen (secondary N) is 2. The summed E-state index contributed by atoms with van der Waals surface area (Å²) >= 11 is 0. The number of anilines is 1. The molecule has 0 radical (unpaired) electrons. The molecule has 3 fully saturated rings. The Kier molecular flexibility index (Phi) is 7.50. The number of nitrogens with zero attached hydrogens (tertiary/aromatic N) is 3. The number of halogens is 3. The predicted molar refractivity (Wildman–Crippen MR) is 121 cm³/mol. The Morgan fingerprint density at radius 3 is 2.23 bits per heavy atom. The quantitative estimate of drug-likeness (QED) is 0.536. The first-order chi connectivity index (χ1) is 16.6. The van der Waals surface area contributed by atoms with Crippen molar-refractivity contribution in [3.63, 3.8) is 0 Å². The fourth-order valence-corrected chi connectivity index (χ4v) is 5.22. The number of carbonyl (C=O) groups excluding carboxylic acids is 2. The Labute approximate surface area is 201 Å². The molecule has 3 N–H and O–H groups in total. The largest absolute Gasteiger partial charge is 0.464 e. The van der Waals surface area contributed by atoms with Crippen LogP contribution in [-0.4, -0.2) is 78.7 Å². The molecule has 9 nitrogen and oxygen atoms in total. The average molecular weight is 498 g/mol. The minimum absolute atomic E-state index is 0.00758. The summed E-state index contributed by atoms with van der Waals surface area (Å²) < 4.78 is 41.9. The third-order valence-electron chi connectivity index (χ3n) is 7.04. The van der Waals surface area contributed by atoms with Crippen molar-refractivity contribution in [3.05, 3.63) is 29.3 Å². The molecule has 0 unspecified atom stereocenters. The van der Waals surface area contributed by atoms with Gasteiger partial charge >= 0.3 is 12.3 Å². The zero-order valence-corrected chi connectivity index (χ0v) is 19.3. The first-order valence-electron chi connectivity index (χ1n) is 11.8. The highest BCUT2D eigenvalue weighted by atomic mass is 19.4. The number of hydrogen-bond donors (Lipinski definition) is 3. The molecule has 1 aromatic rings.